The topological polar surface area (TPSA) is 59.6 Å². The van der Waals surface area contributed by atoms with Crippen molar-refractivity contribution in [2.75, 3.05) is 0 Å². The molecule has 0 aliphatic heterocycles. The summed E-state index contributed by atoms with van der Waals surface area (Å²) in [5, 5.41) is 16.3. The number of nitrogens with zero attached hydrogens (tertiary/aromatic N) is 4. The lowest BCUT2D eigenvalue weighted by Gasteiger charge is -2.04. The van der Waals surface area contributed by atoms with Crippen molar-refractivity contribution in [2.24, 2.45) is 10.2 Å². The van der Waals surface area contributed by atoms with E-state index in [1.54, 1.807) is 16.8 Å². The first-order chi connectivity index (χ1) is 16.2. The number of rotatable bonds is 5. The van der Waals surface area contributed by atoms with Gasteiger partial charge in [0, 0.05) is 11.1 Å². The molecule has 6 heteroatoms. The average molecular weight is 449 g/mol. The molecule has 0 aliphatic rings. The van der Waals surface area contributed by atoms with Crippen LogP contribution in [0, 0.1) is 0 Å². The van der Waals surface area contributed by atoms with E-state index in [4.69, 9.17) is 0 Å². The van der Waals surface area contributed by atoms with E-state index in [-0.39, 0.29) is 5.78 Å². The molecule has 5 aromatic rings. The summed E-state index contributed by atoms with van der Waals surface area (Å²) in [6, 6.07) is 33.1. The van der Waals surface area contributed by atoms with E-state index in [0.717, 1.165) is 27.7 Å². The molecule has 0 saturated carbocycles. The summed E-state index contributed by atoms with van der Waals surface area (Å²) in [6.45, 7) is 1.94. The molecule has 5 nitrogen and oxygen atoms in total. The van der Waals surface area contributed by atoms with Crippen LogP contribution in [-0.4, -0.2) is 21.3 Å². The lowest BCUT2D eigenvalue weighted by molar-refractivity contribution is 0.103. The fraction of sp³-hybridized carbons (Fsp3) is 0.0370. The Morgan fingerprint density at radius 3 is 2.27 bits per heavy atom. The maximum atomic E-state index is 13.0. The van der Waals surface area contributed by atoms with E-state index in [0.29, 0.717) is 15.4 Å². The first-order valence-electron chi connectivity index (χ1n) is 10.5. The van der Waals surface area contributed by atoms with Gasteiger partial charge >= 0.3 is 0 Å². The second kappa shape index (κ2) is 9.14. The van der Waals surface area contributed by atoms with Crippen LogP contribution in [0.15, 0.2) is 113 Å². The third kappa shape index (κ3) is 4.29. The van der Waals surface area contributed by atoms with Gasteiger partial charge in [0.2, 0.25) is 10.6 Å². The van der Waals surface area contributed by atoms with Gasteiger partial charge < -0.3 is 0 Å². The Morgan fingerprint density at radius 1 is 0.818 bits per heavy atom. The average Bonchev–Trinajstić information content (AvgIpc) is 3.32. The quantitative estimate of drug-likeness (QED) is 0.198. The lowest BCUT2D eigenvalue weighted by Crippen LogP contribution is -2.14. The fourth-order valence-electron chi connectivity index (χ4n) is 3.60. The lowest BCUT2D eigenvalue weighted by atomic mass is 10.0. The Kier molecular flexibility index (Phi) is 5.74. The van der Waals surface area contributed by atoms with Gasteiger partial charge in [0.1, 0.15) is 0 Å². The molecular weight excluding hydrogens is 428 g/mol. The molecule has 0 atom stereocenters. The van der Waals surface area contributed by atoms with Crippen LogP contribution in [-0.2, 0) is 0 Å². The van der Waals surface area contributed by atoms with Crippen LogP contribution in [0.4, 0.5) is 0 Å². The molecule has 5 rings (SSSR count). The van der Waals surface area contributed by atoms with Gasteiger partial charge in [-0.15, -0.1) is 5.10 Å². The highest BCUT2D eigenvalue weighted by Gasteiger charge is 2.16. The maximum absolute atomic E-state index is 13.0. The SMILES string of the molecule is C/C(=N\N=c1\sc(C(=O)c2ccccc2)nn1-c1ccccc1)c1cccc2ccccc12. The van der Waals surface area contributed by atoms with E-state index in [1.807, 2.05) is 79.7 Å². The number of para-hydroxylation sites is 1. The molecule has 0 amide bonds. The van der Waals surface area contributed by atoms with Crippen molar-refractivity contribution in [1.29, 1.82) is 0 Å². The number of aromatic nitrogens is 2. The van der Waals surface area contributed by atoms with Gasteiger partial charge in [-0.1, -0.05) is 102 Å². The van der Waals surface area contributed by atoms with Crippen molar-refractivity contribution in [3.63, 3.8) is 0 Å². The molecule has 0 radical (unpaired) electrons. The summed E-state index contributed by atoms with van der Waals surface area (Å²) in [7, 11) is 0. The van der Waals surface area contributed by atoms with E-state index in [9.17, 15) is 4.79 Å². The summed E-state index contributed by atoms with van der Waals surface area (Å²) in [5.41, 5.74) is 3.22. The highest BCUT2D eigenvalue weighted by molar-refractivity contribution is 7.11. The number of hydrogen-bond donors (Lipinski definition) is 0. The summed E-state index contributed by atoms with van der Waals surface area (Å²) in [5.74, 6) is -0.138. The van der Waals surface area contributed by atoms with Gasteiger partial charge in [-0.2, -0.15) is 10.2 Å². The van der Waals surface area contributed by atoms with Gasteiger partial charge in [0.05, 0.1) is 11.4 Å². The summed E-state index contributed by atoms with van der Waals surface area (Å²) in [6.07, 6.45) is 0. The highest BCUT2D eigenvalue weighted by atomic mass is 32.1. The van der Waals surface area contributed by atoms with Crippen molar-refractivity contribution in [3.8, 4) is 5.69 Å². The number of benzene rings is 4. The Hall–Kier alpha value is -4.16. The second-order valence-electron chi connectivity index (χ2n) is 7.44. The number of ketones is 1. The molecule has 0 fully saturated rings. The minimum atomic E-state index is -0.138. The second-order valence-corrected chi connectivity index (χ2v) is 8.40. The van der Waals surface area contributed by atoms with Crippen LogP contribution in [0.3, 0.4) is 0 Å². The van der Waals surface area contributed by atoms with Crippen molar-refractivity contribution in [1.82, 2.24) is 9.78 Å². The first-order valence-corrected chi connectivity index (χ1v) is 11.3. The maximum Gasteiger partial charge on any atom is 0.233 e. The third-order valence-electron chi connectivity index (χ3n) is 5.26. The van der Waals surface area contributed by atoms with Gasteiger partial charge in [0.25, 0.3) is 0 Å². The van der Waals surface area contributed by atoms with Gasteiger partial charge in [-0.05, 0) is 29.8 Å². The van der Waals surface area contributed by atoms with Gasteiger partial charge in [-0.25, -0.2) is 4.68 Å². The molecule has 0 saturated heterocycles. The predicted octanol–water partition coefficient (Wildman–Crippen LogP) is 5.64. The Balaban J connectivity index is 1.62. The molecule has 1 heterocycles. The molecular formula is C27H20N4OS. The number of fused-ring (bicyclic) bond motifs is 1. The molecule has 33 heavy (non-hydrogen) atoms. The zero-order valence-electron chi connectivity index (χ0n) is 17.9. The van der Waals surface area contributed by atoms with Crippen molar-refractivity contribution < 1.29 is 4.79 Å². The fourth-order valence-corrected chi connectivity index (χ4v) is 4.42. The third-order valence-corrected chi connectivity index (χ3v) is 6.15. The summed E-state index contributed by atoms with van der Waals surface area (Å²) in [4.78, 5) is 13.5. The normalized spacial score (nSPS) is 12.3. The zero-order chi connectivity index (χ0) is 22.6. The summed E-state index contributed by atoms with van der Waals surface area (Å²) < 4.78 is 1.67. The predicted molar refractivity (Wildman–Crippen MR) is 133 cm³/mol. The Morgan fingerprint density at radius 2 is 1.48 bits per heavy atom. The molecule has 1 aromatic heterocycles. The van der Waals surface area contributed by atoms with Crippen molar-refractivity contribution in [2.45, 2.75) is 6.92 Å². The summed E-state index contributed by atoms with van der Waals surface area (Å²) >= 11 is 1.23. The molecule has 0 aliphatic carbocycles. The largest absolute Gasteiger partial charge is 0.286 e. The van der Waals surface area contributed by atoms with Gasteiger partial charge in [-0.3, -0.25) is 4.79 Å². The monoisotopic (exact) mass is 448 g/mol. The number of carbonyl (C=O) groups excluding carboxylic acids is 1. The Bertz CT molecular complexity index is 1530. The Labute approximate surface area is 195 Å². The van der Waals surface area contributed by atoms with Crippen LogP contribution in [0.25, 0.3) is 16.5 Å². The van der Waals surface area contributed by atoms with E-state index >= 15 is 0 Å². The molecule has 0 N–H and O–H groups in total. The number of hydrogen-bond acceptors (Lipinski definition) is 5. The molecule has 0 unspecified atom stereocenters. The molecule has 0 spiro atoms. The number of carbonyl (C=O) groups is 1. The van der Waals surface area contributed by atoms with Crippen LogP contribution >= 0.6 is 11.3 Å². The van der Waals surface area contributed by atoms with Crippen LogP contribution in [0.2, 0.25) is 0 Å². The van der Waals surface area contributed by atoms with E-state index in [1.165, 1.54) is 11.3 Å². The molecule has 0 bridgehead atoms. The van der Waals surface area contributed by atoms with Gasteiger partial charge in [0.15, 0.2) is 5.01 Å². The van der Waals surface area contributed by atoms with E-state index < -0.39 is 0 Å². The standard InChI is InChI=1S/C27H20N4OS/c1-19(23-18-10-14-20-11-8-9-17-24(20)23)28-29-27-31(22-15-6-3-7-16-22)30-26(33-27)25(32)21-12-4-2-5-13-21/h2-18H,1H3/b28-19+,29-27+. The van der Waals surface area contributed by atoms with Crippen LogP contribution in [0.5, 0.6) is 0 Å². The van der Waals surface area contributed by atoms with Crippen molar-refractivity contribution >= 4 is 33.6 Å². The molecule has 160 valence electrons. The van der Waals surface area contributed by atoms with E-state index in [2.05, 4.69) is 33.5 Å². The smallest absolute Gasteiger partial charge is 0.233 e. The van der Waals surface area contributed by atoms with Crippen LogP contribution in [0.1, 0.15) is 27.9 Å². The zero-order valence-corrected chi connectivity index (χ0v) is 18.7. The first kappa shape index (κ1) is 20.7. The highest BCUT2D eigenvalue weighted by Crippen LogP contribution is 2.19. The molecule has 4 aromatic carbocycles. The van der Waals surface area contributed by atoms with Crippen LogP contribution < -0.4 is 4.80 Å². The minimum Gasteiger partial charge on any atom is -0.286 e. The van der Waals surface area contributed by atoms with Crippen molar-refractivity contribution in [3.05, 3.63) is 124 Å². The minimum absolute atomic E-state index is 0.138.